The highest BCUT2D eigenvalue weighted by atomic mass is 32.2. The molecule has 1 atom stereocenters. The molecule has 3 heterocycles. The van der Waals surface area contributed by atoms with Crippen LogP contribution in [0.15, 0.2) is 16.9 Å². The molecule has 29 heavy (non-hydrogen) atoms. The molecule has 1 N–H and O–H groups in total. The maximum atomic E-state index is 13.9. The van der Waals surface area contributed by atoms with Crippen molar-refractivity contribution in [2.75, 3.05) is 11.4 Å². The van der Waals surface area contributed by atoms with Crippen molar-refractivity contribution in [1.29, 1.82) is 0 Å². The van der Waals surface area contributed by atoms with E-state index < -0.39 is 16.9 Å². The number of halogens is 2. The fourth-order valence-electron chi connectivity index (χ4n) is 3.51. The number of nitrogens with zero attached hydrogens (tertiary/aromatic N) is 2. The minimum atomic E-state index is -0.696. The molecule has 2 aromatic heterocycles. The zero-order valence-corrected chi connectivity index (χ0v) is 17.8. The number of anilines is 1. The summed E-state index contributed by atoms with van der Waals surface area (Å²) in [5.74, 6) is -0.672. The summed E-state index contributed by atoms with van der Waals surface area (Å²) in [4.78, 5) is 35.7. The highest BCUT2D eigenvalue weighted by molar-refractivity contribution is 7.99. The zero-order chi connectivity index (χ0) is 20.9. The van der Waals surface area contributed by atoms with E-state index >= 15 is 0 Å². The van der Waals surface area contributed by atoms with Gasteiger partial charge in [0.15, 0.2) is 0 Å². The Morgan fingerprint density at radius 3 is 2.90 bits per heavy atom. The predicted molar refractivity (Wildman–Crippen MR) is 113 cm³/mol. The Hall–Kier alpha value is -2.26. The van der Waals surface area contributed by atoms with Crippen LogP contribution < -0.4 is 10.5 Å². The Kier molecular flexibility index (Phi) is 5.20. The third kappa shape index (κ3) is 3.57. The van der Waals surface area contributed by atoms with Crippen LogP contribution in [-0.4, -0.2) is 27.7 Å². The third-order valence-corrected chi connectivity index (χ3v) is 7.43. The number of H-pyrrole nitrogens is 1. The number of aromatic nitrogens is 2. The lowest BCUT2D eigenvalue weighted by atomic mass is 10.1. The molecule has 1 aromatic carbocycles. The molecule has 0 spiro atoms. The van der Waals surface area contributed by atoms with Crippen LogP contribution in [0.2, 0.25) is 0 Å². The Balaban J connectivity index is 1.50. The predicted octanol–water partition coefficient (Wildman–Crippen LogP) is 4.09. The fraction of sp³-hybridized carbons (Fsp3) is 0.350. The molecule has 9 heteroatoms. The highest BCUT2D eigenvalue weighted by Gasteiger charge is 2.30. The second-order valence-electron chi connectivity index (χ2n) is 7.05. The molecule has 1 aliphatic heterocycles. The van der Waals surface area contributed by atoms with E-state index in [-0.39, 0.29) is 11.5 Å². The van der Waals surface area contributed by atoms with Gasteiger partial charge in [0, 0.05) is 23.1 Å². The van der Waals surface area contributed by atoms with Crippen molar-refractivity contribution in [2.24, 2.45) is 0 Å². The zero-order valence-electron chi connectivity index (χ0n) is 16.1. The lowest BCUT2D eigenvalue weighted by Crippen LogP contribution is -2.35. The molecule has 0 fully saturated rings. The molecular weight excluding hydrogens is 416 g/mol. The number of benzene rings is 1. The van der Waals surface area contributed by atoms with Gasteiger partial charge < -0.3 is 9.88 Å². The Morgan fingerprint density at radius 2 is 2.14 bits per heavy atom. The van der Waals surface area contributed by atoms with E-state index in [9.17, 15) is 18.4 Å². The van der Waals surface area contributed by atoms with Gasteiger partial charge in [0.1, 0.15) is 22.3 Å². The lowest BCUT2D eigenvalue weighted by molar-refractivity contribution is -0.117. The molecule has 5 nitrogen and oxygen atoms in total. The van der Waals surface area contributed by atoms with Crippen LogP contribution in [-0.2, 0) is 17.0 Å². The Labute approximate surface area is 174 Å². The van der Waals surface area contributed by atoms with Crippen molar-refractivity contribution in [1.82, 2.24) is 9.97 Å². The van der Waals surface area contributed by atoms with Crippen LogP contribution in [0.3, 0.4) is 0 Å². The van der Waals surface area contributed by atoms with Gasteiger partial charge in [-0.1, -0.05) is 0 Å². The standard InChI is InChI=1S/C20H19F2N3O2S2/c1-9-10(2)29-19-17(9)18(26)23-16(24-19)8-28-11(3)20(27)25-5-4-13-14(22)6-12(21)7-15(13)25/h6-7,11H,4-5,8H2,1-3H3,(H,23,24,26). The Bertz CT molecular complexity index is 1190. The van der Waals surface area contributed by atoms with Crippen molar-refractivity contribution < 1.29 is 13.6 Å². The summed E-state index contributed by atoms with van der Waals surface area (Å²) >= 11 is 2.81. The molecule has 3 aromatic rings. The van der Waals surface area contributed by atoms with Crippen molar-refractivity contribution in [3.8, 4) is 0 Å². The largest absolute Gasteiger partial charge is 0.311 e. The SMILES string of the molecule is Cc1sc2nc(CSC(C)C(=O)N3CCc4c(F)cc(F)cc43)[nH]c(=O)c2c1C. The number of thiophene rings is 1. The van der Waals surface area contributed by atoms with Gasteiger partial charge in [-0.25, -0.2) is 13.8 Å². The molecular formula is C20H19F2N3O2S2. The molecule has 152 valence electrons. The first-order valence-electron chi connectivity index (χ1n) is 9.16. The number of nitrogens with one attached hydrogen (secondary N) is 1. The third-order valence-electron chi connectivity index (χ3n) is 5.18. The van der Waals surface area contributed by atoms with E-state index in [1.54, 1.807) is 6.92 Å². The van der Waals surface area contributed by atoms with Crippen LogP contribution in [0.25, 0.3) is 10.2 Å². The van der Waals surface area contributed by atoms with Crippen LogP contribution in [0.1, 0.15) is 28.8 Å². The molecule has 0 saturated carbocycles. The van der Waals surface area contributed by atoms with Crippen LogP contribution >= 0.6 is 23.1 Å². The number of aromatic amines is 1. The first kappa shape index (κ1) is 20.0. The number of hydrogen-bond acceptors (Lipinski definition) is 5. The summed E-state index contributed by atoms with van der Waals surface area (Å²) in [5, 5.41) is 0.156. The number of carbonyl (C=O) groups excluding carboxylic acids is 1. The summed E-state index contributed by atoms with van der Waals surface area (Å²) in [6.07, 6.45) is 0.368. The molecule has 0 bridgehead atoms. The van der Waals surface area contributed by atoms with Crippen molar-refractivity contribution in [3.63, 3.8) is 0 Å². The van der Waals surface area contributed by atoms with E-state index in [1.165, 1.54) is 34.1 Å². The number of amides is 1. The van der Waals surface area contributed by atoms with Gasteiger partial charge >= 0.3 is 0 Å². The molecule has 1 aliphatic rings. The quantitative estimate of drug-likeness (QED) is 0.670. The molecule has 0 radical (unpaired) electrons. The van der Waals surface area contributed by atoms with E-state index in [4.69, 9.17) is 0 Å². The smallest absolute Gasteiger partial charge is 0.259 e. The summed E-state index contributed by atoms with van der Waals surface area (Å²) in [7, 11) is 0. The number of thioether (sulfide) groups is 1. The summed E-state index contributed by atoms with van der Waals surface area (Å²) < 4.78 is 27.5. The molecule has 0 saturated heterocycles. The monoisotopic (exact) mass is 435 g/mol. The minimum absolute atomic E-state index is 0.175. The highest BCUT2D eigenvalue weighted by Crippen LogP contribution is 2.33. The van der Waals surface area contributed by atoms with Gasteiger partial charge in [-0.2, -0.15) is 0 Å². The number of hydrogen-bond donors (Lipinski definition) is 1. The summed E-state index contributed by atoms with van der Waals surface area (Å²) in [6, 6.07) is 2.05. The average molecular weight is 436 g/mol. The maximum Gasteiger partial charge on any atom is 0.259 e. The van der Waals surface area contributed by atoms with E-state index in [0.717, 1.165) is 16.5 Å². The summed E-state index contributed by atoms with van der Waals surface area (Å²) in [5.41, 5.74) is 1.44. The van der Waals surface area contributed by atoms with E-state index in [2.05, 4.69) is 9.97 Å². The van der Waals surface area contributed by atoms with Crippen LogP contribution in [0.4, 0.5) is 14.5 Å². The van der Waals surface area contributed by atoms with Gasteiger partial charge in [0.05, 0.1) is 22.1 Å². The van der Waals surface area contributed by atoms with Crippen molar-refractivity contribution >= 4 is 44.9 Å². The second kappa shape index (κ2) is 7.53. The summed E-state index contributed by atoms with van der Waals surface area (Å²) in [6.45, 7) is 5.93. The Morgan fingerprint density at radius 1 is 1.38 bits per heavy atom. The number of carbonyl (C=O) groups is 1. The first-order valence-corrected chi connectivity index (χ1v) is 11.0. The minimum Gasteiger partial charge on any atom is -0.311 e. The number of fused-ring (bicyclic) bond motifs is 2. The van der Waals surface area contributed by atoms with Crippen LogP contribution in [0, 0.1) is 25.5 Å². The van der Waals surface area contributed by atoms with Crippen molar-refractivity contribution in [3.05, 3.63) is 55.9 Å². The van der Waals surface area contributed by atoms with E-state index in [0.29, 0.717) is 46.0 Å². The lowest BCUT2D eigenvalue weighted by Gasteiger charge is -2.21. The average Bonchev–Trinajstić information content (AvgIpc) is 3.20. The topological polar surface area (TPSA) is 66.1 Å². The van der Waals surface area contributed by atoms with Gasteiger partial charge in [0.25, 0.3) is 5.56 Å². The maximum absolute atomic E-state index is 13.9. The normalized spacial score (nSPS) is 14.4. The molecule has 1 unspecified atom stereocenters. The van der Waals surface area contributed by atoms with Crippen molar-refractivity contribution in [2.45, 2.75) is 38.2 Å². The fourth-order valence-corrected chi connectivity index (χ4v) is 5.38. The van der Waals surface area contributed by atoms with E-state index in [1.807, 2.05) is 13.8 Å². The van der Waals surface area contributed by atoms with Gasteiger partial charge in [-0.3, -0.25) is 9.59 Å². The van der Waals surface area contributed by atoms with Gasteiger partial charge in [-0.05, 0) is 38.8 Å². The number of aryl methyl sites for hydroxylation is 2. The number of rotatable bonds is 4. The van der Waals surface area contributed by atoms with Gasteiger partial charge in [-0.15, -0.1) is 23.1 Å². The second-order valence-corrected chi connectivity index (χ2v) is 9.59. The first-order chi connectivity index (χ1) is 13.8. The van der Waals surface area contributed by atoms with Crippen LogP contribution in [0.5, 0.6) is 0 Å². The molecule has 1 amide bonds. The molecule has 4 rings (SSSR count). The molecule has 0 aliphatic carbocycles. The van der Waals surface area contributed by atoms with Gasteiger partial charge in [0.2, 0.25) is 5.91 Å².